The van der Waals surface area contributed by atoms with Gasteiger partial charge in [-0.1, -0.05) is 17.9 Å². The van der Waals surface area contributed by atoms with Crippen LogP contribution in [-0.2, 0) is 11.3 Å². The number of carbonyl (C=O) groups is 1. The van der Waals surface area contributed by atoms with Gasteiger partial charge < -0.3 is 4.90 Å². The second kappa shape index (κ2) is 8.97. The molecule has 2 aliphatic heterocycles. The van der Waals surface area contributed by atoms with Crippen LogP contribution >= 0.6 is 27.3 Å². The Morgan fingerprint density at radius 2 is 1.94 bits per heavy atom. The van der Waals surface area contributed by atoms with Crippen LogP contribution in [0.2, 0.25) is 0 Å². The van der Waals surface area contributed by atoms with E-state index in [4.69, 9.17) is 0 Å². The molecule has 2 fully saturated rings. The van der Waals surface area contributed by atoms with Crippen molar-refractivity contribution in [1.29, 1.82) is 0 Å². The molecule has 0 radical (unpaired) electrons. The number of benzene rings is 1. The Morgan fingerprint density at radius 1 is 1.22 bits per heavy atom. The topological polar surface area (TPSA) is 58.4 Å². The van der Waals surface area contributed by atoms with E-state index in [-0.39, 0.29) is 49.1 Å². The molecule has 12 heteroatoms. The summed E-state index contributed by atoms with van der Waals surface area (Å²) in [5.41, 5.74) is -0.984. The maximum atomic E-state index is 13.9. The summed E-state index contributed by atoms with van der Waals surface area (Å²) in [7, 11) is 0. The molecule has 1 aromatic carbocycles. The van der Waals surface area contributed by atoms with Crippen molar-refractivity contribution < 1.29 is 22.4 Å². The Hall–Kier alpha value is -2.75. The molecule has 0 saturated carbocycles. The van der Waals surface area contributed by atoms with Gasteiger partial charge in [-0.2, -0.15) is 0 Å². The van der Waals surface area contributed by atoms with Crippen molar-refractivity contribution >= 4 is 43.4 Å². The quantitative estimate of drug-likeness (QED) is 0.346. The minimum atomic E-state index is -2.70. The number of aromatic nitrogens is 2. The number of rotatable bonds is 4. The number of thiophene rings is 1. The summed E-state index contributed by atoms with van der Waals surface area (Å²) in [5, 5.41) is 0.215. The second-order valence-corrected chi connectivity index (χ2v) is 11.1. The van der Waals surface area contributed by atoms with E-state index in [9.17, 15) is 27.2 Å². The van der Waals surface area contributed by atoms with Gasteiger partial charge in [0.25, 0.3) is 11.5 Å². The molecule has 36 heavy (non-hydrogen) atoms. The molecule has 2 aromatic heterocycles. The zero-order valence-electron chi connectivity index (χ0n) is 19.0. The van der Waals surface area contributed by atoms with Crippen LogP contribution in [0.4, 0.5) is 17.6 Å². The van der Waals surface area contributed by atoms with Crippen LogP contribution < -0.4 is 5.56 Å². The lowest BCUT2D eigenvalue weighted by Gasteiger charge is -2.42. The van der Waals surface area contributed by atoms with Crippen molar-refractivity contribution in [1.82, 2.24) is 19.4 Å². The Kier molecular flexibility index (Phi) is 6.21. The van der Waals surface area contributed by atoms with E-state index >= 15 is 0 Å². The zero-order valence-corrected chi connectivity index (χ0v) is 21.4. The molecule has 188 valence electrons. The number of likely N-dealkylation sites (tertiary alicyclic amines) is 2. The molecule has 0 aliphatic carbocycles. The van der Waals surface area contributed by atoms with Crippen LogP contribution in [0.3, 0.4) is 0 Å². The van der Waals surface area contributed by atoms with Crippen LogP contribution in [0.5, 0.6) is 0 Å². The van der Waals surface area contributed by atoms with E-state index in [1.807, 2.05) is 0 Å². The highest BCUT2D eigenvalue weighted by Crippen LogP contribution is 2.37. The van der Waals surface area contributed by atoms with E-state index in [0.717, 1.165) is 15.9 Å². The summed E-state index contributed by atoms with van der Waals surface area (Å²) < 4.78 is 55.3. The average molecular weight is 583 g/mol. The lowest BCUT2D eigenvalue weighted by atomic mass is 9.99. The number of carbonyl (C=O) groups excluding carboxylic acids is 1. The van der Waals surface area contributed by atoms with Gasteiger partial charge in [-0.25, -0.2) is 22.5 Å². The fraction of sp³-hybridized carbons (Fsp3) is 0.375. The monoisotopic (exact) mass is 582 g/mol. The van der Waals surface area contributed by atoms with Crippen molar-refractivity contribution in [2.24, 2.45) is 0 Å². The molecule has 0 unspecified atom stereocenters. The summed E-state index contributed by atoms with van der Waals surface area (Å²) in [5.74, 6) is 2.25. The van der Waals surface area contributed by atoms with Crippen molar-refractivity contribution in [3.05, 3.63) is 50.0 Å². The molecular formula is C24H19BrF4N4O2S. The number of hydrogen-bond acceptors (Lipinski definition) is 5. The van der Waals surface area contributed by atoms with Crippen molar-refractivity contribution in [3.63, 3.8) is 0 Å². The lowest BCUT2D eigenvalue weighted by molar-refractivity contribution is -0.144. The first-order valence-electron chi connectivity index (χ1n) is 11.0. The Labute approximate surface area is 215 Å². The number of fused-ring (bicyclic) bond motifs is 1. The summed E-state index contributed by atoms with van der Waals surface area (Å²) in [4.78, 5) is 34.0. The maximum absolute atomic E-state index is 13.9. The molecule has 2 aliphatic rings. The SMILES string of the molecule is CC1(F)CN(C(=O)Cn2cnc3sc(C#CCN4CC(F)(F)C4)c(-c4ccc(F)c(Br)c4)c3c2=O)C1. The van der Waals surface area contributed by atoms with Gasteiger partial charge in [0.05, 0.1) is 53.8 Å². The molecule has 1 amide bonds. The first-order valence-corrected chi connectivity index (χ1v) is 12.6. The molecule has 3 aromatic rings. The highest BCUT2D eigenvalue weighted by atomic mass is 79.9. The highest BCUT2D eigenvalue weighted by molar-refractivity contribution is 9.10. The number of halogens is 5. The fourth-order valence-corrected chi connectivity index (χ4v) is 5.69. The standard InChI is InChI=1S/C24H19BrF4N4O2S/c1-23(27)9-33(10-23)18(34)8-32-13-30-21-20(22(32)35)19(14-4-5-16(26)15(25)7-14)17(36-21)3-2-6-31-11-24(28,29)12-31/h4-5,7,13H,6,8-12H2,1H3. The van der Waals surface area contributed by atoms with Gasteiger partial charge in [0.1, 0.15) is 22.9 Å². The Morgan fingerprint density at radius 3 is 2.58 bits per heavy atom. The highest BCUT2D eigenvalue weighted by Gasteiger charge is 2.43. The van der Waals surface area contributed by atoms with Gasteiger partial charge in [-0.15, -0.1) is 11.3 Å². The Balaban J connectivity index is 1.53. The molecule has 6 nitrogen and oxygen atoms in total. The number of alkyl halides is 3. The number of nitrogens with zero attached hydrogens (tertiary/aromatic N) is 4. The van der Waals surface area contributed by atoms with Crippen LogP contribution in [0.1, 0.15) is 11.8 Å². The van der Waals surface area contributed by atoms with Crippen LogP contribution in [0, 0.1) is 17.7 Å². The third-order valence-electron chi connectivity index (χ3n) is 6.00. The molecule has 0 atom stereocenters. The summed E-state index contributed by atoms with van der Waals surface area (Å²) >= 11 is 4.31. The first-order chi connectivity index (χ1) is 16.9. The molecule has 5 rings (SSSR count). The van der Waals surface area contributed by atoms with E-state index in [0.29, 0.717) is 20.8 Å². The largest absolute Gasteiger partial charge is 0.335 e. The number of hydrogen-bond donors (Lipinski definition) is 0. The average Bonchev–Trinajstić information content (AvgIpc) is 3.13. The normalized spacial score (nSPS) is 18.3. The Bertz CT molecular complexity index is 1490. The zero-order chi connectivity index (χ0) is 25.8. The van der Waals surface area contributed by atoms with Gasteiger partial charge in [-0.3, -0.25) is 19.1 Å². The number of amides is 1. The molecule has 4 heterocycles. The van der Waals surface area contributed by atoms with Crippen LogP contribution in [-0.4, -0.2) is 69.6 Å². The smallest absolute Gasteiger partial charge is 0.273 e. The van der Waals surface area contributed by atoms with Gasteiger partial charge in [-0.05, 0) is 40.5 Å². The third-order valence-corrected chi connectivity index (χ3v) is 7.62. The third kappa shape index (κ3) is 4.79. The van der Waals surface area contributed by atoms with Crippen molar-refractivity contribution in [3.8, 4) is 23.0 Å². The molecule has 0 bridgehead atoms. The van der Waals surface area contributed by atoms with E-state index in [2.05, 4.69) is 32.8 Å². The predicted octanol–water partition coefficient (Wildman–Crippen LogP) is 3.90. The van der Waals surface area contributed by atoms with Gasteiger partial charge >= 0.3 is 0 Å². The van der Waals surface area contributed by atoms with Gasteiger partial charge in [0.2, 0.25) is 5.91 Å². The van der Waals surface area contributed by atoms with E-state index in [1.165, 1.54) is 41.2 Å². The second-order valence-electron chi connectivity index (χ2n) is 9.26. The minimum Gasteiger partial charge on any atom is -0.335 e. The predicted molar refractivity (Wildman–Crippen MR) is 131 cm³/mol. The van der Waals surface area contributed by atoms with E-state index in [1.54, 1.807) is 0 Å². The summed E-state index contributed by atoms with van der Waals surface area (Å²) in [6.07, 6.45) is 1.26. The van der Waals surface area contributed by atoms with Crippen LogP contribution in [0.25, 0.3) is 21.3 Å². The van der Waals surface area contributed by atoms with Crippen molar-refractivity contribution in [2.75, 3.05) is 32.7 Å². The molecule has 0 spiro atoms. The van der Waals surface area contributed by atoms with Crippen LogP contribution in [0.15, 0.2) is 33.8 Å². The molecular weight excluding hydrogens is 564 g/mol. The first kappa shape index (κ1) is 24.9. The lowest BCUT2D eigenvalue weighted by Crippen LogP contribution is -2.60. The maximum Gasteiger partial charge on any atom is 0.273 e. The molecule has 0 N–H and O–H groups in total. The van der Waals surface area contributed by atoms with E-state index < -0.39 is 28.9 Å². The summed E-state index contributed by atoms with van der Waals surface area (Å²) in [6.45, 7) is 0.454. The van der Waals surface area contributed by atoms with Gasteiger partial charge in [0, 0.05) is 5.56 Å². The molecule has 2 saturated heterocycles. The van der Waals surface area contributed by atoms with Gasteiger partial charge in [0.15, 0.2) is 0 Å². The minimum absolute atomic E-state index is 0.0355. The fourth-order valence-electron chi connectivity index (χ4n) is 4.28. The summed E-state index contributed by atoms with van der Waals surface area (Å²) in [6, 6.07) is 4.27. The van der Waals surface area contributed by atoms with Crippen molar-refractivity contribution in [2.45, 2.75) is 25.1 Å².